The van der Waals surface area contributed by atoms with Gasteiger partial charge in [0.05, 0.1) is 6.42 Å². The van der Waals surface area contributed by atoms with Crippen molar-refractivity contribution in [1.82, 2.24) is 20.9 Å². The summed E-state index contributed by atoms with van der Waals surface area (Å²) in [6.07, 6.45) is -5.62. The fraction of sp³-hybridized carbons (Fsp3) is 0.500. The molecule has 0 aliphatic carbocycles. The summed E-state index contributed by atoms with van der Waals surface area (Å²) in [6, 6.07) is 0.772. The Kier molecular flexibility index (Phi) is 16.3. The highest BCUT2D eigenvalue weighted by Crippen LogP contribution is 2.23. The standard InChI is InChI=1S/C32H41N5O11.C2HF3O2/c1-5-16(2)28(33-18(4)38)31(46)35-21(10-11-25(39)40)32(47)37-12-6-7-23(37)30(45)36-22(15-26(41)42)29(44)34-19-8-9-20-17(3)13-27(43)48-24(20)14-19;3-2(4,5)1(6)7/h8-9,13-14,16,21-23,28H,5-7,10-12,15H2,1-4H3,(H,33,38)(H,34,44)(H,35,46)(H,36,45)(H,39,40)(H,41,42);(H,6,7)/t16-,21-,22-,23-,28-;/m0./s1. The van der Waals surface area contributed by atoms with Gasteiger partial charge in [-0.15, -0.1) is 0 Å². The van der Waals surface area contributed by atoms with Gasteiger partial charge in [0, 0.05) is 43.1 Å². The van der Waals surface area contributed by atoms with Crippen molar-refractivity contribution in [2.75, 3.05) is 11.9 Å². The average molecular weight is 786 g/mol. The number of carbonyl (C=O) groups excluding carboxylic acids is 5. The van der Waals surface area contributed by atoms with Crippen molar-refractivity contribution in [1.29, 1.82) is 0 Å². The van der Waals surface area contributed by atoms with Crippen molar-refractivity contribution in [3.05, 3.63) is 40.2 Å². The molecule has 1 aromatic heterocycles. The van der Waals surface area contributed by atoms with E-state index in [1.165, 1.54) is 30.0 Å². The molecule has 1 saturated heterocycles. The third-order valence-corrected chi connectivity index (χ3v) is 8.43. The van der Waals surface area contributed by atoms with Crippen LogP contribution in [0, 0.1) is 12.8 Å². The van der Waals surface area contributed by atoms with Crippen LogP contribution in [0.1, 0.15) is 64.9 Å². The number of hydrogen-bond donors (Lipinski definition) is 7. The van der Waals surface area contributed by atoms with Crippen molar-refractivity contribution in [3.63, 3.8) is 0 Å². The van der Waals surface area contributed by atoms with Crippen LogP contribution >= 0.6 is 0 Å². The Morgan fingerprint density at radius 1 is 0.945 bits per heavy atom. The number of alkyl halides is 3. The SMILES string of the molecule is CC[C@H](C)[C@H](NC(C)=O)C(=O)N[C@@H](CCC(=O)O)C(=O)N1CCC[C@H]1C(=O)N[C@@H](CC(=O)O)C(=O)Nc1ccc2c(C)cc(=O)oc2c1.O=C(O)C(F)(F)F. The third-order valence-electron chi connectivity index (χ3n) is 8.43. The monoisotopic (exact) mass is 785 g/mol. The van der Waals surface area contributed by atoms with Crippen molar-refractivity contribution in [3.8, 4) is 0 Å². The first-order chi connectivity index (χ1) is 25.5. The smallest absolute Gasteiger partial charge is 0.481 e. The lowest BCUT2D eigenvalue weighted by Gasteiger charge is -2.31. The van der Waals surface area contributed by atoms with E-state index in [0.29, 0.717) is 23.8 Å². The maximum atomic E-state index is 13.7. The van der Waals surface area contributed by atoms with Crippen molar-refractivity contribution in [2.45, 2.75) is 96.6 Å². The van der Waals surface area contributed by atoms with Gasteiger partial charge >= 0.3 is 29.7 Å². The number of carbonyl (C=O) groups is 8. The maximum absolute atomic E-state index is 13.7. The number of likely N-dealkylation sites (tertiary alicyclic amines) is 1. The number of benzene rings is 1. The first-order valence-corrected chi connectivity index (χ1v) is 16.8. The molecule has 7 N–H and O–H groups in total. The summed E-state index contributed by atoms with van der Waals surface area (Å²) in [6.45, 7) is 6.58. The molecule has 0 bridgehead atoms. The molecule has 0 unspecified atom stereocenters. The first-order valence-electron chi connectivity index (χ1n) is 16.8. The van der Waals surface area contributed by atoms with Crippen LogP contribution in [0.15, 0.2) is 33.5 Å². The molecule has 21 heteroatoms. The molecule has 2 heterocycles. The van der Waals surface area contributed by atoms with Gasteiger partial charge in [-0.25, -0.2) is 9.59 Å². The molecule has 3 rings (SSSR count). The molecule has 5 amide bonds. The number of hydrogen-bond acceptors (Lipinski definition) is 10. The predicted octanol–water partition coefficient (Wildman–Crippen LogP) is 1.52. The van der Waals surface area contributed by atoms with Crippen LogP contribution in [0.25, 0.3) is 11.0 Å². The number of amides is 5. The first kappa shape index (κ1) is 45.1. The molecule has 1 aliphatic heterocycles. The number of nitrogens with one attached hydrogen (secondary N) is 4. The van der Waals surface area contributed by atoms with E-state index < -0.39 is 96.3 Å². The lowest BCUT2D eigenvalue weighted by molar-refractivity contribution is -0.192. The van der Waals surface area contributed by atoms with Crippen molar-refractivity contribution < 1.29 is 71.3 Å². The predicted molar refractivity (Wildman–Crippen MR) is 184 cm³/mol. The molecule has 18 nitrogen and oxygen atoms in total. The topological polar surface area (TPSA) is 279 Å². The number of aliphatic carboxylic acids is 3. The minimum absolute atomic E-state index is 0.0777. The molecule has 1 fully saturated rings. The van der Waals surface area contributed by atoms with Crippen LogP contribution in [0.3, 0.4) is 0 Å². The van der Waals surface area contributed by atoms with Gasteiger partial charge in [-0.3, -0.25) is 33.6 Å². The van der Waals surface area contributed by atoms with Crippen LogP contribution < -0.4 is 26.9 Å². The number of carboxylic acid groups (broad SMARTS) is 3. The lowest BCUT2D eigenvalue weighted by Crippen LogP contribution is -2.58. The Labute approximate surface area is 310 Å². The summed E-state index contributed by atoms with van der Waals surface area (Å²) < 4.78 is 36.9. The number of carboxylic acids is 3. The Bertz CT molecular complexity index is 1850. The zero-order valence-electron chi connectivity index (χ0n) is 30.2. The van der Waals surface area contributed by atoms with E-state index in [2.05, 4.69) is 21.3 Å². The van der Waals surface area contributed by atoms with Gasteiger partial charge in [-0.05, 0) is 49.8 Å². The van der Waals surface area contributed by atoms with E-state index in [9.17, 15) is 61.7 Å². The molecular formula is C34H42F3N5O13. The van der Waals surface area contributed by atoms with Crippen molar-refractivity contribution >= 4 is 64.1 Å². The van der Waals surface area contributed by atoms with E-state index in [1.54, 1.807) is 19.9 Å². The summed E-state index contributed by atoms with van der Waals surface area (Å²) >= 11 is 0. The molecule has 302 valence electrons. The Balaban J connectivity index is 0.00000136. The van der Waals surface area contributed by atoms with Gasteiger partial charge in [-0.2, -0.15) is 13.2 Å². The number of rotatable bonds is 15. The summed E-state index contributed by atoms with van der Waals surface area (Å²) in [5.41, 5.74) is 0.422. The van der Waals surface area contributed by atoms with Gasteiger partial charge in [0.2, 0.25) is 29.5 Å². The Morgan fingerprint density at radius 3 is 2.13 bits per heavy atom. The van der Waals surface area contributed by atoms with E-state index in [0.717, 1.165) is 0 Å². The molecule has 1 aromatic carbocycles. The fourth-order valence-electron chi connectivity index (χ4n) is 5.49. The molecule has 55 heavy (non-hydrogen) atoms. The van der Waals surface area contributed by atoms with E-state index in [1.807, 2.05) is 6.92 Å². The normalized spacial score (nSPS) is 16.0. The molecule has 0 saturated carbocycles. The van der Waals surface area contributed by atoms with E-state index >= 15 is 0 Å². The van der Waals surface area contributed by atoms with Gasteiger partial charge in [-0.1, -0.05) is 20.3 Å². The summed E-state index contributed by atoms with van der Waals surface area (Å²) in [7, 11) is 0. The fourth-order valence-corrected chi connectivity index (χ4v) is 5.49. The molecule has 2 aromatic rings. The molecule has 0 spiro atoms. The number of anilines is 1. The third kappa shape index (κ3) is 13.7. The highest BCUT2D eigenvalue weighted by molar-refractivity contribution is 6.01. The highest BCUT2D eigenvalue weighted by Gasteiger charge is 2.40. The maximum Gasteiger partial charge on any atom is 0.490 e. The van der Waals surface area contributed by atoms with Gasteiger partial charge < -0.3 is 45.9 Å². The van der Waals surface area contributed by atoms with E-state index in [-0.39, 0.29) is 36.6 Å². The number of halogens is 3. The van der Waals surface area contributed by atoms with Gasteiger partial charge in [0.1, 0.15) is 29.8 Å². The van der Waals surface area contributed by atoms with Gasteiger partial charge in [0.15, 0.2) is 0 Å². The van der Waals surface area contributed by atoms with Crippen LogP contribution in [0.5, 0.6) is 0 Å². The second-order valence-electron chi connectivity index (χ2n) is 12.7. The second-order valence-corrected chi connectivity index (χ2v) is 12.7. The van der Waals surface area contributed by atoms with Crippen LogP contribution in [0.2, 0.25) is 0 Å². The molecular weight excluding hydrogens is 743 g/mol. The van der Waals surface area contributed by atoms with Crippen molar-refractivity contribution in [2.24, 2.45) is 5.92 Å². The lowest BCUT2D eigenvalue weighted by atomic mass is 9.97. The molecule has 0 radical (unpaired) electrons. The second kappa shape index (κ2) is 19.9. The molecule has 5 atom stereocenters. The minimum Gasteiger partial charge on any atom is -0.481 e. The van der Waals surface area contributed by atoms with Crippen LogP contribution in [-0.4, -0.2) is 105 Å². The number of fused-ring (bicyclic) bond motifs is 1. The van der Waals surface area contributed by atoms with E-state index in [4.69, 9.17) is 14.3 Å². The Hall–Kier alpha value is -6.02. The minimum atomic E-state index is -5.08. The Morgan fingerprint density at radius 2 is 1.58 bits per heavy atom. The quantitative estimate of drug-likeness (QED) is 0.126. The zero-order chi connectivity index (χ0) is 41.8. The largest absolute Gasteiger partial charge is 0.490 e. The van der Waals surface area contributed by atoms with Crippen LogP contribution in [-0.2, 0) is 38.4 Å². The molecule has 1 aliphatic rings. The highest BCUT2D eigenvalue weighted by atomic mass is 19.4. The summed E-state index contributed by atoms with van der Waals surface area (Å²) in [5.74, 6) is -9.27. The number of aryl methyl sites for hydroxylation is 1. The summed E-state index contributed by atoms with van der Waals surface area (Å²) in [5, 5.41) is 36.5. The zero-order valence-corrected chi connectivity index (χ0v) is 30.2. The van der Waals surface area contributed by atoms with Gasteiger partial charge in [0.25, 0.3) is 0 Å². The number of nitrogens with zero attached hydrogens (tertiary/aromatic N) is 1. The summed E-state index contributed by atoms with van der Waals surface area (Å²) in [4.78, 5) is 110. The van der Waals surface area contributed by atoms with Crippen LogP contribution in [0.4, 0.5) is 18.9 Å². The average Bonchev–Trinajstić information content (AvgIpc) is 3.57.